The Labute approximate surface area is 125 Å². The van der Waals surface area contributed by atoms with Crippen molar-refractivity contribution in [1.29, 1.82) is 0 Å². The molecule has 0 fully saturated rings. The summed E-state index contributed by atoms with van der Waals surface area (Å²) in [5, 5.41) is 12.0. The molecule has 0 atom stereocenters. The molecule has 0 radical (unpaired) electrons. The van der Waals surface area contributed by atoms with E-state index < -0.39 is 0 Å². The molecule has 0 amide bonds. The molecule has 20 heavy (non-hydrogen) atoms. The Morgan fingerprint density at radius 2 is 2.10 bits per heavy atom. The van der Waals surface area contributed by atoms with Gasteiger partial charge in [-0.25, -0.2) is 4.98 Å². The van der Waals surface area contributed by atoms with Crippen LogP contribution in [0.4, 0.5) is 11.5 Å². The molecule has 0 spiro atoms. The molecule has 3 N–H and O–H groups in total. The molecule has 1 aromatic heterocycles. The van der Waals surface area contributed by atoms with Crippen LogP contribution in [0.3, 0.4) is 0 Å². The summed E-state index contributed by atoms with van der Waals surface area (Å²) in [7, 11) is 1.90. The van der Waals surface area contributed by atoms with Crippen LogP contribution in [-0.2, 0) is 0 Å². The molecule has 0 saturated carbocycles. The topological polar surface area (TPSA) is 74.7 Å². The number of hydrogen-bond acceptors (Lipinski definition) is 4. The molecule has 0 bridgehead atoms. The van der Waals surface area contributed by atoms with E-state index in [4.69, 9.17) is 10.9 Å². The lowest BCUT2D eigenvalue weighted by atomic mass is 10.1. The van der Waals surface area contributed by atoms with Crippen LogP contribution < -0.4 is 10.6 Å². The third kappa shape index (κ3) is 2.75. The molecule has 0 aliphatic heterocycles. The first-order chi connectivity index (χ1) is 9.54. The molecule has 0 aliphatic carbocycles. The second-order valence-corrected chi connectivity index (χ2v) is 5.27. The Kier molecular flexibility index (Phi) is 4.24. The first-order valence-corrected chi connectivity index (χ1v) is 6.76. The lowest BCUT2D eigenvalue weighted by Crippen LogP contribution is -2.20. The van der Waals surface area contributed by atoms with Gasteiger partial charge >= 0.3 is 0 Å². The highest BCUT2D eigenvalue weighted by Gasteiger charge is 2.14. The van der Waals surface area contributed by atoms with Gasteiger partial charge in [0.15, 0.2) is 5.84 Å². The van der Waals surface area contributed by atoms with Crippen molar-refractivity contribution in [3.63, 3.8) is 0 Å². The van der Waals surface area contributed by atoms with E-state index in [1.54, 1.807) is 12.3 Å². The van der Waals surface area contributed by atoms with Gasteiger partial charge < -0.3 is 15.8 Å². The minimum Gasteiger partial charge on any atom is -0.409 e. The summed E-state index contributed by atoms with van der Waals surface area (Å²) in [5.41, 5.74) is 8.22. The van der Waals surface area contributed by atoms with E-state index >= 15 is 0 Å². The number of para-hydroxylation sites is 1. The van der Waals surface area contributed by atoms with E-state index in [2.05, 4.69) is 26.1 Å². The predicted octanol–water partition coefficient (Wildman–Crippen LogP) is 3.01. The average Bonchev–Trinajstić information content (AvgIpc) is 2.46. The van der Waals surface area contributed by atoms with Crippen LogP contribution in [0.2, 0.25) is 0 Å². The third-order valence-electron chi connectivity index (χ3n) is 2.98. The summed E-state index contributed by atoms with van der Waals surface area (Å²) < 4.78 is 0.928. The molecule has 1 heterocycles. The van der Waals surface area contributed by atoms with Crippen molar-refractivity contribution in [3.8, 4) is 0 Å². The fourth-order valence-electron chi connectivity index (χ4n) is 2.04. The summed E-state index contributed by atoms with van der Waals surface area (Å²) >= 11 is 3.40. The SMILES string of the molecule is Cc1cc(Br)cnc1N(C)c1ccccc1/C(N)=N/O. The van der Waals surface area contributed by atoms with E-state index in [0.717, 1.165) is 21.5 Å². The van der Waals surface area contributed by atoms with Gasteiger partial charge in [-0.05, 0) is 46.6 Å². The van der Waals surface area contributed by atoms with Crippen LogP contribution in [0.25, 0.3) is 0 Å². The van der Waals surface area contributed by atoms with Gasteiger partial charge in [0.05, 0.1) is 5.69 Å². The largest absolute Gasteiger partial charge is 0.409 e. The van der Waals surface area contributed by atoms with Gasteiger partial charge in [0, 0.05) is 23.3 Å². The van der Waals surface area contributed by atoms with Crippen molar-refractivity contribution >= 4 is 33.3 Å². The minimum atomic E-state index is 0.0715. The Balaban J connectivity index is 2.51. The number of rotatable bonds is 3. The lowest BCUT2D eigenvalue weighted by molar-refractivity contribution is 0.318. The highest BCUT2D eigenvalue weighted by atomic mass is 79.9. The fraction of sp³-hybridized carbons (Fsp3) is 0.143. The predicted molar refractivity (Wildman–Crippen MR) is 83.7 cm³/mol. The van der Waals surface area contributed by atoms with Crippen molar-refractivity contribution in [2.24, 2.45) is 10.9 Å². The molecule has 0 unspecified atom stereocenters. The number of aromatic nitrogens is 1. The monoisotopic (exact) mass is 334 g/mol. The van der Waals surface area contributed by atoms with Gasteiger partial charge in [-0.1, -0.05) is 17.3 Å². The van der Waals surface area contributed by atoms with Crippen LogP contribution in [0.5, 0.6) is 0 Å². The maximum absolute atomic E-state index is 8.88. The van der Waals surface area contributed by atoms with E-state index in [-0.39, 0.29) is 5.84 Å². The van der Waals surface area contributed by atoms with Crippen LogP contribution in [-0.4, -0.2) is 23.1 Å². The molecular formula is C14H15BrN4O. The average molecular weight is 335 g/mol. The highest BCUT2D eigenvalue weighted by molar-refractivity contribution is 9.10. The van der Waals surface area contributed by atoms with Crippen molar-refractivity contribution in [2.45, 2.75) is 6.92 Å². The number of hydrogen-bond donors (Lipinski definition) is 2. The second kappa shape index (κ2) is 5.92. The number of anilines is 2. The number of pyridine rings is 1. The number of benzene rings is 1. The molecular weight excluding hydrogens is 320 g/mol. The quantitative estimate of drug-likeness (QED) is 0.391. The standard InChI is InChI=1S/C14H15BrN4O/c1-9-7-10(15)8-17-14(9)19(2)12-6-4-3-5-11(12)13(16)18-20/h3-8,20H,1-2H3,(H2,16,18). The number of aryl methyl sites for hydroxylation is 1. The molecule has 0 aliphatic rings. The lowest BCUT2D eigenvalue weighted by Gasteiger charge is -2.22. The van der Waals surface area contributed by atoms with E-state index in [1.807, 2.05) is 43.1 Å². The summed E-state index contributed by atoms with van der Waals surface area (Å²) in [5.74, 6) is 0.883. The van der Waals surface area contributed by atoms with Crippen LogP contribution >= 0.6 is 15.9 Å². The Morgan fingerprint density at radius 1 is 1.40 bits per heavy atom. The zero-order valence-electron chi connectivity index (χ0n) is 11.2. The van der Waals surface area contributed by atoms with Crippen molar-refractivity contribution in [3.05, 3.63) is 52.1 Å². The maximum Gasteiger partial charge on any atom is 0.172 e. The van der Waals surface area contributed by atoms with Crippen LogP contribution in [0.1, 0.15) is 11.1 Å². The first kappa shape index (κ1) is 14.3. The van der Waals surface area contributed by atoms with Crippen LogP contribution in [0, 0.1) is 6.92 Å². The van der Waals surface area contributed by atoms with Gasteiger partial charge in [-0.2, -0.15) is 0 Å². The Hall–Kier alpha value is -2.08. The van der Waals surface area contributed by atoms with Gasteiger partial charge in [-0.3, -0.25) is 0 Å². The molecule has 1 aromatic carbocycles. The summed E-state index contributed by atoms with van der Waals surface area (Å²) in [6, 6.07) is 9.43. The molecule has 5 nitrogen and oxygen atoms in total. The summed E-state index contributed by atoms with van der Waals surface area (Å²) in [6.07, 6.45) is 1.74. The van der Waals surface area contributed by atoms with Crippen molar-refractivity contribution in [1.82, 2.24) is 4.98 Å². The minimum absolute atomic E-state index is 0.0715. The third-order valence-corrected chi connectivity index (χ3v) is 3.42. The van der Waals surface area contributed by atoms with Crippen molar-refractivity contribution < 1.29 is 5.21 Å². The van der Waals surface area contributed by atoms with E-state index in [1.165, 1.54) is 0 Å². The summed E-state index contributed by atoms with van der Waals surface area (Å²) in [4.78, 5) is 6.33. The number of oxime groups is 1. The van der Waals surface area contributed by atoms with E-state index in [0.29, 0.717) is 5.56 Å². The first-order valence-electron chi connectivity index (χ1n) is 5.97. The zero-order valence-corrected chi connectivity index (χ0v) is 12.8. The molecule has 2 aromatic rings. The molecule has 104 valence electrons. The fourth-order valence-corrected chi connectivity index (χ4v) is 2.48. The maximum atomic E-state index is 8.88. The number of nitrogens with zero attached hydrogens (tertiary/aromatic N) is 3. The molecule has 2 rings (SSSR count). The number of nitrogens with two attached hydrogens (primary N) is 1. The Bertz CT molecular complexity index is 657. The zero-order chi connectivity index (χ0) is 14.7. The summed E-state index contributed by atoms with van der Waals surface area (Å²) in [6.45, 7) is 1.98. The van der Waals surface area contributed by atoms with Crippen LogP contribution in [0.15, 0.2) is 46.2 Å². The van der Waals surface area contributed by atoms with E-state index in [9.17, 15) is 0 Å². The normalized spacial score (nSPS) is 11.4. The smallest absolute Gasteiger partial charge is 0.172 e. The van der Waals surface area contributed by atoms with Gasteiger partial charge in [-0.15, -0.1) is 0 Å². The number of halogens is 1. The van der Waals surface area contributed by atoms with Gasteiger partial charge in [0.25, 0.3) is 0 Å². The molecule has 0 saturated heterocycles. The molecule has 6 heteroatoms. The van der Waals surface area contributed by atoms with Gasteiger partial charge in [0.1, 0.15) is 5.82 Å². The van der Waals surface area contributed by atoms with Crippen molar-refractivity contribution in [2.75, 3.05) is 11.9 Å². The Morgan fingerprint density at radius 3 is 2.75 bits per heavy atom. The number of amidine groups is 1. The van der Waals surface area contributed by atoms with Gasteiger partial charge in [0.2, 0.25) is 0 Å². The second-order valence-electron chi connectivity index (χ2n) is 4.36. The highest BCUT2D eigenvalue weighted by Crippen LogP contribution is 2.28.